The minimum absolute atomic E-state index is 0.294. The predicted molar refractivity (Wildman–Crippen MR) is 88.7 cm³/mol. The third-order valence-electron chi connectivity index (χ3n) is 4.29. The molecule has 0 aliphatic heterocycles. The lowest BCUT2D eigenvalue weighted by atomic mass is 10.0. The van der Waals surface area contributed by atoms with Gasteiger partial charge in [0.15, 0.2) is 0 Å². The Hall–Kier alpha value is -2.94. The Bertz CT molecular complexity index is 943. The molecule has 1 heterocycles. The summed E-state index contributed by atoms with van der Waals surface area (Å²) in [7, 11) is 0. The van der Waals surface area contributed by atoms with Gasteiger partial charge in [0.1, 0.15) is 0 Å². The number of benzene rings is 2. The number of para-hydroxylation sites is 1. The third kappa shape index (κ3) is 2.30. The molecule has 3 heteroatoms. The molecular weight excluding hydrogens is 286 g/mol. The number of hydrogen-bond acceptors (Lipinski definition) is 3. The van der Waals surface area contributed by atoms with E-state index in [1.54, 1.807) is 6.07 Å². The summed E-state index contributed by atoms with van der Waals surface area (Å²) in [5, 5.41) is 12.3. The molecule has 0 bridgehead atoms. The van der Waals surface area contributed by atoms with Gasteiger partial charge in [-0.15, -0.1) is 0 Å². The van der Waals surface area contributed by atoms with E-state index in [0.717, 1.165) is 28.8 Å². The van der Waals surface area contributed by atoms with Crippen molar-refractivity contribution >= 4 is 28.5 Å². The van der Waals surface area contributed by atoms with E-state index in [4.69, 9.17) is 4.98 Å². The standard InChI is InChI=1S/C20H15NO2/c22-20(23)18-15-8-4-5-9-17(15)21-19-14(10-11-16(18)19)12-13-6-2-1-3-7-13/h1-9,12H,10-11H2,(H,22,23)/p-1/b14-12+. The topological polar surface area (TPSA) is 53.0 Å². The van der Waals surface area contributed by atoms with Crippen molar-refractivity contribution < 1.29 is 9.90 Å². The summed E-state index contributed by atoms with van der Waals surface area (Å²) in [6, 6.07) is 17.4. The molecule has 0 saturated carbocycles. The van der Waals surface area contributed by atoms with Gasteiger partial charge < -0.3 is 9.90 Å². The maximum atomic E-state index is 11.7. The number of carbonyl (C=O) groups is 1. The van der Waals surface area contributed by atoms with Crippen LogP contribution in [0.1, 0.15) is 33.6 Å². The lowest BCUT2D eigenvalue weighted by Gasteiger charge is -2.13. The number of allylic oxidation sites excluding steroid dienone is 1. The molecule has 1 aliphatic rings. The number of rotatable bonds is 2. The molecular formula is C20H14NO2-. The molecule has 0 unspecified atom stereocenters. The molecule has 112 valence electrons. The smallest absolute Gasteiger partial charge is 0.0725 e. The minimum atomic E-state index is -1.12. The first-order valence-electron chi connectivity index (χ1n) is 7.63. The van der Waals surface area contributed by atoms with Gasteiger partial charge in [-0.05, 0) is 41.7 Å². The summed E-state index contributed by atoms with van der Waals surface area (Å²) in [6.45, 7) is 0. The summed E-state index contributed by atoms with van der Waals surface area (Å²) in [5.74, 6) is -1.12. The SMILES string of the molecule is O=C([O-])c1c2c(nc3ccccc13)/C(=C/c1ccccc1)CC2. The Morgan fingerprint density at radius 2 is 1.74 bits per heavy atom. The first-order chi connectivity index (χ1) is 11.2. The Morgan fingerprint density at radius 1 is 1.00 bits per heavy atom. The molecule has 3 aromatic rings. The number of aromatic carboxylic acids is 1. The molecule has 0 fully saturated rings. The molecule has 23 heavy (non-hydrogen) atoms. The molecule has 4 rings (SSSR count). The van der Waals surface area contributed by atoms with E-state index in [2.05, 4.69) is 6.08 Å². The van der Waals surface area contributed by atoms with Crippen LogP contribution in [0, 0.1) is 0 Å². The lowest BCUT2D eigenvalue weighted by molar-refractivity contribution is -0.254. The molecule has 0 N–H and O–H groups in total. The van der Waals surface area contributed by atoms with E-state index < -0.39 is 5.97 Å². The molecule has 1 aromatic heterocycles. The van der Waals surface area contributed by atoms with Crippen LogP contribution in [0.2, 0.25) is 0 Å². The van der Waals surface area contributed by atoms with Gasteiger partial charge in [0, 0.05) is 10.9 Å². The van der Waals surface area contributed by atoms with Crippen molar-refractivity contribution in [2.45, 2.75) is 12.8 Å². The van der Waals surface area contributed by atoms with E-state index in [0.29, 0.717) is 22.9 Å². The van der Waals surface area contributed by atoms with Crippen LogP contribution >= 0.6 is 0 Å². The number of fused-ring (bicyclic) bond motifs is 2. The van der Waals surface area contributed by atoms with Gasteiger partial charge in [-0.25, -0.2) is 4.98 Å². The lowest BCUT2D eigenvalue weighted by Crippen LogP contribution is -2.24. The second-order valence-corrected chi connectivity index (χ2v) is 5.70. The molecule has 3 nitrogen and oxygen atoms in total. The normalized spacial score (nSPS) is 15.0. The average Bonchev–Trinajstić information content (AvgIpc) is 2.95. The van der Waals surface area contributed by atoms with Crippen molar-refractivity contribution in [3.8, 4) is 0 Å². The van der Waals surface area contributed by atoms with Crippen LogP contribution in [-0.4, -0.2) is 11.0 Å². The fraction of sp³-hybridized carbons (Fsp3) is 0.100. The Kier molecular flexibility index (Phi) is 3.19. The summed E-state index contributed by atoms with van der Waals surface area (Å²) in [6.07, 6.45) is 3.58. The molecule has 0 saturated heterocycles. The van der Waals surface area contributed by atoms with Crippen molar-refractivity contribution in [1.82, 2.24) is 4.98 Å². The molecule has 0 spiro atoms. The zero-order chi connectivity index (χ0) is 15.8. The molecule has 0 amide bonds. The van der Waals surface area contributed by atoms with Gasteiger partial charge in [0.25, 0.3) is 0 Å². The van der Waals surface area contributed by atoms with E-state index in [1.165, 1.54) is 0 Å². The number of carbonyl (C=O) groups excluding carboxylic acids is 1. The van der Waals surface area contributed by atoms with Crippen molar-refractivity contribution in [2.75, 3.05) is 0 Å². The van der Waals surface area contributed by atoms with Crippen molar-refractivity contribution in [2.24, 2.45) is 0 Å². The average molecular weight is 300 g/mol. The maximum Gasteiger partial charge on any atom is 0.0725 e. The number of carboxylic acid groups (broad SMARTS) is 1. The quantitative estimate of drug-likeness (QED) is 0.731. The van der Waals surface area contributed by atoms with Crippen LogP contribution in [0.15, 0.2) is 54.6 Å². The van der Waals surface area contributed by atoms with Gasteiger partial charge in [-0.3, -0.25) is 0 Å². The number of hydrogen-bond donors (Lipinski definition) is 0. The zero-order valence-corrected chi connectivity index (χ0v) is 12.5. The fourth-order valence-corrected chi connectivity index (χ4v) is 3.26. The van der Waals surface area contributed by atoms with Crippen LogP contribution in [0.3, 0.4) is 0 Å². The first kappa shape index (κ1) is 13.7. The van der Waals surface area contributed by atoms with Gasteiger partial charge in [-0.2, -0.15) is 0 Å². The summed E-state index contributed by atoms with van der Waals surface area (Å²) in [5.41, 5.74) is 4.77. The minimum Gasteiger partial charge on any atom is -0.545 e. The molecule has 0 radical (unpaired) electrons. The van der Waals surface area contributed by atoms with Crippen molar-refractivity contribution in [3.05, 3.63) is 77.0 Å². The third-order valence-corrected chi connectivity index (χ3v) is 4.29. The molecule has 0 atom stereocenters. The zero-order valence-electron chi connectivity index (χ0n) is 12.5. The van der Waals surface area contributed by atoms with E-state index in [1.807, 2.05) is 48.5 Å². The summed E-state index contributed by atoms with van der Waals surface area (Å²) >= 11 is 0. The van der Waals surface area contributed by atoms with Crippen LogP contribution in [0.25, 0.3) is 22.6 Å². The summed E-state index contributed by atoms with van der Waals surface area (Å²) in [4.78, 5) is 16.4. The maximum absolute atomic E-state index is 11.7. The van der Waals surface area contributed by atoms with Crippen LogP contribution < -0.4 is 5.11 Å². The number of pyridine rings is 1. The van der Waals surface area contributed by atoms with Gasteiger partial charge in [-0.1, -0.05) is 48.5 Å². The van der Waals surface area contributed by atoms with E-state index >= 15 is 0 Å². The second-order valence-electron chi connectivity index (χ2n) is 5.70. The van der Waals surface area contributed by atoms with Gasteiger partial charge in [0.2, 0.25) is 0 Å². The van der Waals surface area contributed by atoms with E-state index in [-0.39, 0.29) is 0 Å². The van der Waals surface area contributed by atoms with Gasteiger partial charge in [0.05, 0.1) is 17.2 Å². The largest absolute Gasteiger partial charge is 0.545 e. The Morgan fingerprint density at radius 3 is 2.52 bits per heavy atom. The fourth-order valence-electron chi connectivity index (χ4n) is 3.26. The number of carboxylic acids is 1. The highest BCUT2D eigenvalue weighted by Crippen LogP contribution is 2.37. The number of aromatic nitrogens is 1. The highest BCUT2D eigenvalue weighted by Gasteiger charge is 2.23. The highest BCUT2D eigenvalue weighted by atomic mass is 16.4. The van der Waals surface area contributed by atoms with Crippen LogP contribution in [0.5, 0.6) is 0 Å². The first-order valence-corrected chi connectivity index (χ1v) is 7.63. The highest BCUT2D eigenvalue weighted by molar-refractivity contribution is 6.05. The van der Waals surface area contributed by atoms with Crippen molar-refractivity contribution in [3.63, 3.8) is 0 Å². The van der Waals surface area contributed by atoms with Crippen molar-refractivity contribution in [1.29, 1.82) is 0 Å². The second kappa shape index (κ2) is 5.36. The van der Waals surface area contributed by atoms with Crippen LogP contribution in [-0.2, 0) is 6.42 Å². The molecule has 1 aliphatic carbocycles. The predicted octanol–water partition coefficient (Wildman–Crippen LogP) is 3.09. The monoisotopic (exact) mass is 300 g/mol. The Balaban J connectivity index is 1.96. The van der Waals surface area contributed by atoms with Gasteiger partial charge >= 0.3 is 0 Å². The number of nitrogens with zero attached hydrogens (tertiary/aromatic N) is 1. The summed E-state index contributed by atoms with van der Waals surface area (Å²) < 4.78 is 0. The van der Waals surface area contributed by atoms with E-state index in [9.17, 15) is 9.90 Å². The molecule has 2 aromatic carbocycles. The van der Waals surface area contributed by atoms with Crippen LogP contribution in [0.4, 0.5) is 0 Å². The Labute approximate surface area is 133 Å².